The lowest BCUT2D eigenvalue weighted by Gasteiger charge is -2.13. The fraction of sp³-hybridized carbons (Fsp3) is 0.300. The summed E-state index contributed by atoms with van der Waals surface area (Å²) in [7, 11) is 1.57. The van der Waals surface area contributed by atoms with Gasteiger partial charge in [-0.1, -0.05) is 6.58 Å². The number of methoxy groups -OCH3 is 1. The van der Waals surface area contributed by atoms with Crippen molar-refractivity contribution in [2.24, 2.45) is 0 Å². The van der Waals surface area contributed by atoms with Gasteiger partial charge in [0.25, 0.3) is 0 Å². The summed E-state index contributed by atoms with van der Waals surface area (Å²) < 4.78 is 10.1. The van der Waals surface area contributed by atoms with E-state index in [-0.39, 0.29) is 11.9 Å². The second-order valence-electron chi connectivity index (χ2n) is 2.74. The SMILES string of the molecule is C=CC(=O)NC(COC)c1ccco1. The third kappa shape index (κ3) is 2.74. The third-order valence-corrected chi connectivity index (χ3v) is 1.72. The lowest BCUT2D eigenvalue weighted by atomic mass is 10.2. The fourth-order valence-electron chi connectivity index (χ4n) is 1.08. The molecular weight excluding hydrogens is 182 g/mol. The smallest absolute Gasteiger partial charge is 0.244 e. The highest BCUT2D eigenvalue weighted by molar-refractivity contribution is 5.87. The van der Waals surface area contributed by atoms with Crippen LogP contribution < -0.4 is 5.32 Å². The number of carbonyl (C=O) groups is 1. The molecule has 1 unspecified atom stereocenters. The molecule has 1 atom stereocenters. The highest BCUT2D eigenvalue weighted by Crippen LogP contribution is 2.13. The van der Waals surface area contributed by atoms with Crippen molar-refractivity contribution >= 4 is 5.91 Å². The zero-order valence-corrected chi connectivity index (χ0v) is 8.03. The van der Waals surface area contributed by atoms with Crippen LogP contribution in [0.25, 0.3) is 0 Å². The van der Waals surface area contributed by atoms with E-state index < -0.39 is 0 Å². The monoisotopic (exact) mass is 195 g/mol. The van der Waals surface area contributed by atoms with E-state index in [9.17, 15) is 4.79 Å². The molecule has 14 heavy (non-hydrogen) atoms. The summed E-state index contributed by atoms with van der Waals surface area (Å²) in [6.45, 7) is 3.74. The lowest BCUT2D eigenvalue weighted by Crippen LogP contribution is -2.29. The molecule has 0 fully saturated rings. The maximum Gasteiger partial charge on any atom is 0.244 e. The normalized spacial score (nSPS) is 12.1. The molecule has 0 bridgehead atoms. The van der Waals surface area contributed by atoms with Crippen LogP contribution in [0.5, 0.6) is 0 Å². The molecule has 1 rings (SSSR count). The molecule has 1 aromatic rings. The fourth-order valence-corrected chi connectivity index (χ4v) is 1.08. The molecule has 0 saturated carbocycles. The van der Waals surface area contributed by atoms with E-state index in [4.69, 9.17) is 9.15 Å². The maximum atomic E-state index is 11.1. The molecule has 0 aliphatic carbocycles. The number of hydrogen-bond acceptors (Lipinski definition) is 3. The Kier molecular flexibility index (Phi) is 3.94. The Morgan fingerprint density at radius 3 is 3.14 bits per heavy atom. The molecule has 0 aliphatic rings. The van der Waals surface area contributed by atoms with Gasteiger partial charge in [0.05, 0.1) is 12.9 Å². The topological polar surface area (TPSA) is 51.5 Å². The first-order valence-electron chi connectivity index (χ1n) is 4.23. The van der Waals surface area contributed by atoms with Crippen molar-refractivity contribution in [3.63, 3.8) is 0 Å². The van der Waals surface area contributed by atoms with Crippen molar-refractivity contribution in [3.05, 3.63) is 36.8 Å². The minimum absolute atomic E-state index is 0.247. The first-order valence-corrected chi connectivity index (χ1v) is 4.23. The van der Waals surface area contributed by atoms with E-state index in [1.807, 2.05) is 0 Å². The predicted octanol–water partition coefficient (Wildman–Crippen LogP) is 1.27. The minimum atomic E-state index is -0.263. The molecule has 1 aromatic heterocycles. The van der Waals surface area contributed by atoms with Gasteiger partial charge in [0.2, 0.25) is 5.91 Å². The number of nitrogens with one attached hydrogen (secondary N) is 1. The molecule has 0 spiro atoms. The van der Waals surface area contributed by atoms with E-state index in [1.165, 1.54) is 6.08 Å². The molecule has 1 amide bonds. The Morgan fingerprint density at radius 2 is 2.64 bits per heavy atom. The van der Waals surface area contributed by atoms with E-state index in [0.29, 0.717) is 12.4 Å². The van der Waals surface area contributed by atoms with Gasteiger partial charge in [-0.2, -0.15) is 0 Å². The molecule has 4 heteroatoms. The molecule has 4 nitrogen and oxygen atoms in total. The van der Waals surface area contributed by atoms with Crippen LogP contribution in [0.3, 0.4) is 0 Å². The predicted molar refractivity (Wildman–Crippen MR) is 51.7 cm³/mol. The van der Waals surface area contributed by atoms with Gasteiger partial charge in [-0.15, -0.1) is 0 Å². The average molecular weight is 195 g/mol. The number of amides is 1. The third-order valence-electron chi connectivity index (χ3n) is 1.72. The summed E-state index contributed by atoms with van der Waals surface area (Å²) in [6, 6.07) is 3.28. The van der Waals surface area contributed by atoms with Crippen LogP contribution in [0.2, 0.25) is 0 Å². The van der Waals surface area contributed by atoms with Crippen molar-refractivity contribution in [2.75, 3.05) is 13.7 Å². The molecule has 0 aromatic carbocycles. The second-order valence-corrected chi connectivity index (χ2v) is 2.74. The van der Waals surface area contributed by atoms with Crippen LogP contribution >= 0.6 is 0 Å². The highest BCUT2D eigenvalue weighted by atomic mass is 16.5. The summed E-state index contributed by atoms with van der Waals surface area (Å²) in [5, 5.41) is 2.69. The van der Waals surface area contributed by atoms with Crippen molar-refractivity contribution in [1.82, 2.24) is 5.32 Å². The Balaban J connectivity index is 2.64. The molecule has 76 valence electrons. The van der Waals surface area contributed by atoms with Gasteiger partial charge >= 0.3 is 0 Å². The van der Waals surface area contributed by atoms with Gasteiger partial charge in [0.15, 0.2) is 0 Å². The highest BCUT2D eigenvalue weighted by Gasteiger charge is 2.15. The largest absolute Gasteiger partial charge is 0.467 e. The molecule has 1 heterocycles. The van der Waals surface area contributed by atoms with E-state index in [2.05, 4.69) is 11.9 Å². The Hall–Kier alpha value is -1.55. The van der Waals surface area contributed by atoms with Gasteiger partial charge in [-0.25, -0.2) is 0 Å². The Bertz CT molecular complexity index is 292. The molecule has 0 saturated heterocycles. The summed E-state index contributed by atoms with van der Waals surface area (Å²) >= 11 is 0. The Labute approximate surface area is 82.6 Å². The lowest BCUT2D eigenvalue weighted by molar-refractivity contribution is -0.117. The van der Waals surface area contributed by atoms with E-state index >= 15 is 0 Å². The summed E-state index contributed by atoms with van der Waals surface area (Å²) in [6.07, 6.45) is 2.77. The molecule has 0 aliphatic heterocycles. The molecule has 1 N–H and O–H groups in total. The van der Waals surface area contributed by atoms with E-state index in [0.717, 1.165) is 0 Å². The summed E-state index contributed by atoms with van der Waals surface area (Å²) in [5.41, 5.74) is 0. The van der Waals surface area contributed by atoms with Crippen LogP contribution in [0.4, 0.5) is 0 Å². The summed E-state index contributed by atoms with van der Waals surface area (Å²) in [4.78, 5) is 11.1. The van der Waals surface area contributed by atoms with Gasteiger partial charge < -0.3 is 14.5 Å². The van der Waals surface area contributed by atoms with Crippen LogP contribution in [0, 0.1) is 0 Å². The molecule has 0 radical (unpaired) electrons. The first-order chi connectivity index (χ1) is 6.77. The average Bonchev–Trinajstić information content (AvgIpc) is 2.69. The van der Waals surface area contributed by atoms with Crippen LogP contribution in [0.1, 0.15) is 11.8 Å². The van der Waals surface area contributed by atoms with Crippen molar-refractivity contribution in [3.8, 4) is 0 Å². The zero-order valence-electron chi connectivity index (χ0n) is 8.03. The zero-order chi connectivity index (χ0) is 10.4. The standard InChI is InChI=1S/C10H13NO3/c1-3-10(12)11-8(7-13-2)9-5-4-6-14-9/h3-6,8H,1,7H2,2H3,(H,11,12). The van der Waals surface area contributed by atoms with Crippen molar-refractivity contribution in [1.29, 1.82) is 0 Å². The van der Waals surface area contributed by atoms with Crippen LogP contribution in [-0.4, -0.2) is 19.6 Å². The van der Waals surface area contributed by atoms with Crippen molar-refractivity contribution in [2.45, 2.75) is 6.04 Å². The van der Waals surface area contributed by atoms with Gasteiger partial charge in [-0.05, 0) is 18.2 Å². The van der Waals surface area contributed by atoms with Gasteiger partial charge in [0.1, 0.15) is 11.8 Å². The number of hydrogen-bond donors (Lipinski definition) is 1. The minimum Gasteiger partial charge on any atom is -0.467 e. The maximum absolute atomic E-state index is 11.1. The number of rotatable bonds is 5. The van der Waals surface area contributed by atoms with E-state index in [1.54, 1.807) is 25.5 Å². The van der Waals surface area contributed by atoms with Gasteiger partial charge in [-0.3, -0.25) is 4.79 Å². The quantitative estimate of drug-likeness (QED) is 0.720. The van der Waals surface area contributed by atoms with Crippen LogP contribution in [0.15, 0.2) is 35.5 Å². The molecular formula is C10H13NO3. The van der Waals surface area contributed by atoms with Gasteiger partial charge in [0, 0.05) is 7.11 Å². The number of ether oxygens (including phenoxy) is 1. The number of carbonyl (C=O) groups excluding carboxylic acids is 1. The Morgan fingerprint density at radius 1 is 1.86 bits per heavy atom. The van der Waals surface area contributed by atoms with Crippen molar-refractivity contribution < 1.29 is 13.9 Å². The summed E-state index contributed by atoms with van der Waals surface area (Å²) in [5.74, 6) is 0.422. The van der Waals surface area contributed by atoms with Crippen LogP contribution in [-0.2, 0) is 9.53 Å². The first kappa shape index (κ1) is 10.5. The second kappa shape index (κ2) is 5.24. The number of furan rings is 1.